The Morgan fingerprint density at radius 2 is 1.73 bits per heavy atom. The summed E-state index contributed by atoms with van der Waals surface area (Å²) in [6.45, 7) is 4.13. The smallest absolute Gasteiger partial charge is 0.159 e. The third-order valence-electron chi connectivity index (χ3n) is 2.29. The first-order chi connectivity index (χ1) is 7.16. The molecule has 3 heteroatoms. The van der Waals surface area contributed by atoms with E-state index in [9.17, 15) is 0 Å². The number of nitrogens with zero attached hydrogens (tertiary/aromatic N) is 2. The van der Waals surface area contributed by atoms with Crippen LogP contribution in [0.4, 0.5) is 5.69 Å². The second-order valence-electron chi connectivity index (χ2n) is 3.66. The van der Waals surface area contributed by atoms with Crippen molar-refractivity contribution in [2.45, 2.75) is 13.8 Å². The van der Waals surface area contributed by atoms with Gasteiger partial charge in [-0.05, 0) is 19.4 Å². The Hall–Kier alpha value is -1.90. The maximum absolute atomic E-state index is 5.54. The molecule has 0 aliphatic heterocycles. The van der Waals surface area contributed by atoms with Gasteiger partial charge in [-0.25, -0.2) is 9.97 Å². The maximum atomic E-state index is 5.54. The summed E-state index contributed by atoms with van der Waals surface area (Å²) in [4.78, 5) is 8.41. The minimum Gasteiger partial charge on any atom is -0.396 e. The molecule has 1 aromatic carbocycles. The summed E-state index contributed by atoms with van der Waals surface area (Å²) in [6, 6.07) is 6.22. The van der Waals surface area contributed by atoms with Crippen LogP contribution in [0.3, 0.4) is 0 Å². The number of nitrogens with two attached hydrogens (primary N) is 1. The fourth-order valence-electron chi connectivity index (χ4n) is 1.54. The number of aromatic nitrogens is 2. The minimum atomic E-state index is 0.587. The van der Waals surface area contributed by atoms with Crippen LogP contribution in [-0.2, 0) is 0 Å². The van der Waals surface area contributed by atoms with Gasteiger partial charge in [0.2, 0.25) is 0 Å². The molecule has 2 aromatic rings. The Kier molecular flexibility index (Phi) is 2.37. The van der Waals surface area contributed by atoms with E-state index < -0.39 is 0 Å². The van der Waals surface area contributed by atoms with Gasteiger partial charge in [0.05, 0.1) is 18.1 Å². The lowest BCUT2D eigenvalue weighted by molar-refractivity contribution is 1.17. The number of rotatable bonds is 1. The molecule has 0 aliphatic rings. The van der Waals surface area contributed by atoms with E-state index in [-0.39, 0.29) is 0 Å². The predicted molar refractivity (Wildman–Crippen MR) is 61.4 cm³/mol. The fourth-order valence-corrected chi connectivity index (χ4v) is 1.54. The quantitative estimate of drug-likeness (QED) is 0.767. The van der Waals surface area contributed by atoms with Crippen molar-refractivity contribution in [3.05, 3.63) is 41.7 Å². The lowest BCUT2D eigenvalue weighted by atomic mass is 10.1. The molecule has 0 saturated heterocycles. The van der Waals surface area contributed by atoms with Gasteiger partial charge in [0, 0.05) is 5.56 Å². The van der Waals surface area contributed by atoms with E-state index in [4.69, 9.17) is 5.73 Å². The maximum Gasteiger partial charge on any atom is 0.159 e. The molecule has 1 heterocycles. The van der Waals surface area contributed by atoms with Gasteiger partial charge in [-0.2, -0.15) is 0 Å². The van der Waals surface area contributed by atoms with Crippen molar-refractivity contribution in [2.75, 3.05) is 5.73 Å². The highest BCUT2D eigenvalue weighted by Crippen LogP contribution is 2.20. The van der Waals surface area contributed by atoms with Crippen molar-refractivity contribution in [1.82, 2.24) is 9.97 Å². The van der Waals surface area contributed by atoms with Crippen LogP contribution >= 0.6 is 0 Å². The lowest BCUT2D eigenvalue weighted by Crippen LogP contribution is -1.94. The van der Waals surface area contributed by atoms with Crippen molar-refractivity contribution in [2.24, 2.45) is 0 Å². The molecule has 0 spiro atoms. The highest BCUT2D eigenvalue weighted by molar-refractivity contribution is 5.60. The molecule has 0 radical (unpaired) electrons. The summed E-state index contributed by atoms with van der Waals surface area (Å²) < 4.78 is 0. The summed E-state index contributed by atoms with van der Waals surface area (Å²) in [6.07, 6.45) is 3.25. The van der Waals surface area contributed by atoms with Gasteiger partial charge in [0.15, 0.2) is 5.82 Å². The zero-order valence-corrected chi connectivity index (χ0v) is 8.86. The summed E-state index contributed by atoms with van der Waals surface area (Å²) >= 11 is 0. The van der Waals surface area contributed by atoms with Gasteiger partial charge in [0.25, 0.3) is 0 Å². The zero-order chi connectivity index (χ0) is 10.8. The molecule has 0 saturated carbocycles. The molecule has 0 unspecified atom stereocenters. The van der Waals surface area contributed by atoms with Gasteiger partial charge in [-0.3, -0.25) is 0 Å². The second kappa shape index (κ2) is 3.69. The first-order valence-electron chi connectivity index (χ1n) is 4.82. The van der Waals surface area contributed by atoms with Crippen LogP contribution in [0.25, 0.3) is 11.4 Å². The highest BCUT2D eigenvalue weighted by atomic mass is 14.9. The Morgan fingerprint density at radius 3 is 2.33 bits per heavy atom. The molecular formula is C12H13N3. The van der Waals surface area contributed by atoms with Crippen LogP contribution in [0.1, 0.15) is 11.1 Å². The number of anilines is 1. The standard InChI is InChI=1S/C12H13N3/c1-8-3-4-11(9(2)5-8)12-14-6-10(13)7-15-12/h3-7H,13H2,1-2H3. The number of nitrogen functional groups attached to an aromatic ring is 1. The van der Waals surface area contributed by atoms with E-state index in [1.165, 1.54) is 11.1 Å². The molecule has 3 nitrogen and oxygen atoms in total. The van der Waals surface area contributed by atoms with Crippen molar-refractivity contribution in [3.8, 4) is 11.4 Å². The highest BCUT2D eigenvalue weighted by Gasteiger charge is 2.03. The average Bonchev–Trinajstić information content (AvgIpc) is 2.20. The predicted octanol–water partition coefficient (Wildman–Crippen LogP) is 2.34. The van der Waals surface area contributed by atoms with Crippen LogP contribution in [0.5, 0.6) is 0 Å². The lowest BCUT2D eigenvalue weighted by Gasteiger charge is -2.05. The number of hydrogen-bond acceptors (Lipinski definition) is 3. The van der Waals surface area contributed by atoms with E-state index in [0.29, 0.717) is 5.69 Å². The number of aryl methyl sites for hydroxylation is 2. The second-order valence-corrected chi connectivity index (χ2v) is 3.66. The molecule has 76 valence electrons. The molecule has 1 aromatic heterocycles. The number of hydrogen-bond donors (Lipinski definition) is 1. The molecule has 0 aliphatic carbocycles. The summed E-state index contributed by atoms with van der Waals surface area (Å²) in [5.74, 6) is 0.724. The molecule has 0 amide bonds. The summed E-state index contributed by atoms with van der Waals surface area (Å²) in [5.41, 5.74) is 9.61. The van der Waals surface area contributed by atoms with E-state index in [1.807, 2.05) is 6.07 Å². The Balaban J connectivity index is 2.49. The Labute approximate surface area is 89.0 Å². The summed E-state index contributed by atoms with van der Waals surface area (Å²) in [5, 5.41) is 0. The van der Waals surface area contributed by atoms with Crippen molar-refractivity contribution in [1.29, 1.82) is 0 Å². The van der Waals surface area contributed by atoms with Crippen LogP contribution < -0.4 is 5.73 Å². The van der Waals surface area contributed by atoms with Gasteiger partial charge >= 0.3 is 0 Å². The van der Waals surface area contributed by atoms with Crippen molar-refractivity contribution < 1.29 is 0 Å². The van der Waals surface area contributed by atoms with Gasteiger partial charge < -0.3 is 5.73 Å². The third-order valence-corrected chi connectivity index (χ3v) is 2.29. The Morgan fingerprint density at radius 1 is 1.07 bits per heavy atom. The first kappa shape index (κ1) is 9.65. The molecule has 15 heavy (non-hydrogen) atoms. The molecular weight excluding hydrogens is 186 g/mol. The largest absolute Gasteiger partial charge is 0.396 e. The molecule has 2 rings (SSSR count). The zero-order valence-electron chi connectivity index (χ0n) is 8.86. The monoisotopic (exact) mass is 199 g/mol. The van der Waals surface area contributed by atoms with Crippen molar-refractivity contribution in [3.63, 3.8) is 0 Å². The van der Waals surface area contributed by atoms with Crippen LogP contribution in [0.2, 0.25) is 0 Å². The third kappa shape index (κ3) is 1.96. The fraction of sp³-hybridized carbons (Fsp3) is 0.167. The molecule has 0 fully saturated rings. The molecule has 0 bridgehead atoms. The van der Waals surface area contributed by atoms with E-state index in [1.54, 1.807) is 12.4 Å². The van der Waals surface area contributed by atoms with Gasteiger partial charge in [-0.1, -0.05) is 23.8 Å². The topological polar surface area (TPSA) is 51.8 Å². The summed E-state index contributed by atoms with van der Waals surface area (Å²) in [7, 11) is 0. The Bertz CT molecular complexity index is 475. The molecule has 0 atom stereocenters. The normalized spacial score (nSPS) is 10.3. The molecule has 2 N–H and O–H groups in total. The average molecular weight is 199 g/mol. The number of benzene rings is 1. The van der Waals surface area contributed by atoms with Crippen LogP contribution in [-0.4, -0.2) is 9.97 Å². The minimum absolute atomic E-state index is 0.587. The van der Waals surface area contributed by atoms with E-state index in [2.05, 4.69) is 35.9 Å². The first-order valence-corrected chi connectivity index (χ1v) is 4.82. The SMILES string of the molecule is Cc1ccc(-c2ncc(N)cn2)c(C)c1. The van der Waals surface area contributed by atoms with E-state index in [0.717, 1.165) is 11.4 Å². The van der Waals surface area contributed by atoms with Gasteiger partial charge in [0.1, 0.15) is 0 Å². The van der Waals surface area contributed by atoms with Gasteiger partial charge in [-0.15, -0.1) is 0 Å². The van der Waals surface area contributed by atoms with Crippen molar-refractivity contribution >= 4 is 5.69 Å². The van der Waals surface area contributed by atoms with E-state index >= 15 is 0 Å². The van der Waals surface area contributed by atoms with Crippen LogP contribution in [0, 0.1) is 13.8 Å². The van der Waals surface area contributed by atoms with Crippen LogP contribution in [0.15, 0.2) is 30.6 Å².